The van der Waals surface area contributed by atoms with E-state index in [1.165, 1.54) is 17.7 Å². The maximum absolute atomic E-state index is 13.0. The van der Waals surface area contributed by atoms with Gasteiger partial charge in [0, 0.05) is 19.0 Å². The third-order valence-electron chi connectivity index (χ3n) is 5.52. The lowest BCUT2D eigenvalue weighted by atomic mass is 10.0. The van der Waals surface area contributed by atoms with Crippen molar-refractivity contribution in [3.63, 3.8) is 0 Å². The van der Waals surface area contributed by atoms with Crippen LogP contribution in [0.5, 0.6) is 11.5 Å². The highest BCUT2D eigenvalue weighted by atomic mass is 19.1. The van der Waals surface area contributed by atoms with Gasteiger partial charge in [0.15, 0.2) is 11.5 Å². The van der Waals surface area contributed by atoms with E-state index >= 15 is 0 Å². The number of carbonyl (C=O) groups excluding carboxylic acids is 1. The van der Waals surface area contributed by atoms with Crippen molar-refractivity contribution in [2.45, 2.75) is 31.7 Å². The SMILES string of the molecule is O=C(CN1CCCC1c1ccc2c(c1)OCCCO2)NCCc1ccc(F)cc1. The van der Waals surface area contributed by atoms with Crippen LogP contribution in [0.25, 0.3) is 0 Å². The highest BCUT2D eigenvalue weighted by Gasteiger charge is 2.28. The number of nitrogens with zero attached hydrogens (tertiary/aromatic N) is 1. The van der Waals surface area contributed by atoms with Crippen LogP contribution in [0.1, 0.15) is 36.4 Å². The van der Waals surface area contributed by atoms with E-state index in [9.17, 15) is 9.18 Å². The standard InChI is InChI=1S/C23H27FN2O3/c24-19-7-4-17(5-8-19)10-11-25-23(27)16-26-12-1-3-20(26)18-6-9-21-22(15-18)29-14-2-13-28-21/h4-9,15,20H,1-3,10-14,16H2,(H,25,27). The van der Waals surface area contributed by atoms with E-state index in [1.807, 2.05) is 6.07 Å². The Balaban J connectivity index is 1.32. The highest BCUT2D eigenvalue weighted by molar-refractivity contribution is 5.78. The fourth-order valence-corrected chi connectivity index (χ4v) is 4.02. The van der Waals surface area contributed by atoms with Crippen LogP contribution in [0.3, 0.4) is 0 Å². The monoisotopic (exact) mass is 398 g/mol. The molecule has 2 heterocycles. The first-order chi connectivity index (χ1) is 14.2. The minimum absolute atomic E-state index is 0.0216. The van der Waals surface area contributed by atoms with Crippen LogP contribution in [-0.2, 0) is 11.2 Å². The summed E-state index contributed by atoms with van der Waals surface area (Å²) in [6, 6.07) is 12.7. The molecule has 1 saturated heterocycles. The molecule has 2 aromatic carbocycles. The molecule has 2 aliphatic rings. The summed E-state index contributed by atoms with van der Waals surface area (Å²) in [6.45, 7) is 3.18. The summed E-state index contributed by atoms with van der Waals surface area (Å²) in [4.78, 5) is 14.7. The number of hydrogen-bond donors (Lipinski definition) is 1. The summed E-state index contributed by atoms with van der Waals surface area (Å²) in [6.07, 6.45) is 3.68. The summed E-state index contributed by atoms with van der Waals surface area (Å²) in [5.41, 5.74) is 2.18. The second-order valence-electron chi connectivity index (χ2n) is 7.61. The Bertz CT molecular complexity index is 841. The van der Waals surface area contributed by atoms with Crippen molar-refractivity contribution < 1.29 is 18.7 Å². The molecule has 1 unspecified atom stereocenters. The molecule has 5 nitrogen and oxygen atoms in total. The number of ether oxygens (including phenoxy) is 2. The third kappa shape index (κ3) is 5.07. The van der Waals surface area contributed by atoms with Gasteiger partial charge >= 0.3 is 0 Å². The van der Waals surface area contributed by atoms with Gasteiger partial charge in [-0.3, -0.25) is 9.69 Å². The summed E-state index contributed by atoms with van der Waals surface area (Å²) in [5.74, 6) is 1.38. The van der Waals surface area contributed by atoms with Crippen molar-refractivity contribution in [1.82, 2.24) is 10.2 Å². The van der Waals surface area contributed by atoms with E-state index in [0.29, 0.717) is 32.7 Å². The molecular weight excluding hydrogens is 371 g/mol. The van der Waals surface area contributed by atoms with Crippen molar-refractivity contribution >= 4 is 5.91 Å². The predicted molar refractivity (Wildman–Crippen MR) is 109 cm³/mol. The van der Waals surface area contributed by atoms with Crippen LogP contribution < -0.4 is 14.8 Å². The fourth-order valence-electron chi connectivity index (χ4n) is 4.02. The highest BCUT2D eigenvalue weighted by Crippen LogP contribution is 2.37. The van der Waals surface area contributed by atoms with Crippen molar-refractivity contribution in [1.29, 1.82) is 0 Å². The maximum Gasteiger partial charge on any atom is 0.234 e. The van der Waals surface area contributed by atoms with Gasteiger partial charge in [-0.25, -0.2) is 4.39 Å². The lowest BCUT2D eigenvalue weighted by Gasteiger charge is -2.25. The summed E-state index contributed by atoms with van der Waals surface area (Å²) >= 11 is 0. The van der Waals surface area contributed by atoms with Gasteiger partial charge in [0.2, 0.25) is 5.91 Å². The normalized spacial score (nSPS) is 19.0. The van der Waals surface area contributed by atoms with E-state index in [1.54, 1.807) is 12.1 Å². The first-order valence-electron chi connectivity index (χ1n) is 10.3. The molecule has 6 heteroatoms. The number of halogens is 1. The molecule has 1 N–H and O–H groups in total. The Morgan fingerprint density at radius 2 is 1.86 bits per heavy atom. The van der Waals surface area contributed by atoms with Gasteiger partial charge in [-0.1, -0.05) is 18.2 Å². The fraction of sp³-hybridized carbons (Fsp3) is 0.435. The predicted octanol–water partition coefficient (Wildman–Crippen LogP) is 3.48. The molecule has 0 spiro atoms. The molecule has 1 atom stereocenters. The van der Waals surface area contributed by atoms with Gasteiger partial charge in [0.1, 0.15) is 5.82 Å². The van der Waals surface area contributed by atoms with Crippen molar-refractivity contribution in [3.05, 3.63) is 59.4 Å². The molecule has 0 aromatic heterocycles. The van der Waals surface area contributed by atoms with Gasteiger partial charge in [0.25, 0.3) is 0 Å². The smallest absolute Gasteiger partial charge is 0.234 e. The average molecular weight is 398 g/mol. The largest absolute Gasteiger partial charge is 0.490 e. The number of benzene rings is 2. The van der Waals surface area contributed by atoms with Crippen LogP contribution in [0.2, 0.25) is 0 Å². The molecule has 29 heavy (non-hydrogen) atoms. The number of carbonyl (C=O) groups is 1. The molecule has 2 aromatic rings. The Hall–Kier alpha value is -2.60. The molecule has 1 fully saturated rings. The average Bonchev–Trinajstić information content (AvgIpc) is 3.04. The summed E-state index contributed by atoms with van der Waals surface area (Å²) in [7, 11) is 0. The van der Waals surface area contributed by atoms with Crippen LogP contribution in [0, 0.1) is 5.82 Å². The Morgan fingerprint density at radius 1 is 1.07 bits per heavy atom. The van der Waals surface area contributed by atoms with E-state index < -0.39 is 0 Å². The number of rotatable bonds is 6. The molecule has 0 saturated carbocycles. The van der Waals surface area contributed by atoms with E-state index in [0.717, 1.165) is 42.9 Å². The summed E-state index contributed by atoms with van der Waals surface area (Å²) in [5, 5.41) is 2.98. The lowest BCUT2D eigenvalue weighted by molar-refractivity contribution is -0.122. The van der Waals surface area contributed by atoms with Gasteiger partial charge in [-0.15, -0.1) is 0 Å². The van der Waals surface area contributed by atoms with Gasteiger partial charge in [0.05, 0.1) is 19.8 Å². The maximum atomic E-state index is 13.0. The molecule has 0 aliphatic carbocycles. The molecular formula is C23H27FN2O3. The van der Waals surface area contributed by atoms with Crippen molar-refractivity contribution in [2.24, 2.45) is 0 Å². The Labute approximate surface area is 170 Å². The quantitative estimate of drug-likeness (QED) is 0.809. The van der Waals surface area contributed by atoms with Crippen molar-refractivity contribution in [2.75, 3.05) is 32.8 Å². The topological polar surface area (TPSA) is 50.8 Å². The minimum Gasteiger partial charge on any atom is -0.490 e. The molecule has 1 amide bonds. The number of amides is 1. The summed E-state index contributed by atoms with van der Waals surface area (Å²) < 4.78 is 24.5. The zero-order chi connectivity index (χ0) is 20.1. The van der Waals surface area contributed by atoms with Crippen LogP contribution >= 0.6 is 0 Å². The zero-order valence-corrected chi connectivity index (χ0v) is 16.5. The van der Waals surface area contributed by atoms with E-state index in [2.05, 4.69) is 22.3 Å². The molecule has 0 radical (unpaired) electrons. The third-order valence-corrected chi connectivity index (χ3v) is 5.52. The number of fused-ring (bicyclic) bond motifs is 1. The van der Waals surface area contributed by atoms with E-state index in [-0.39, 0.29) is 17.8 Å². The van der Waals surface area contributed by atoms with Gasteiger partial charge < -0.3 is 14.8 Å². The molecule has 4 rings (SSSR count). The molecule has 2 aliphatic heterocycles. The second-order valence-corrected chi connectivity index (χ2v) is 7.61. The van der Waals surface area contributed by atoms with Crippen molar-refractivity contribution in [3.8, 4) is 11.5 Å². The number of likely N-dealkylation sites (tertiary alicyclic amines) is 1. The van der Waals surface area contributed by atoms with E-state index in [4.69, 9.17) is 9.47 Å². The Kier molecular flexibility index (Phi) is 6.30. The minimum atomic E-state index is -0.243. The molecule has 0 bridgehead atoms. The van der Waals surface area contributed by atoms with Crippen LogP contribution in [0.15, 0.2) is 42.5 Å². The van der Waals surface area contributed by atoms with Gasteiger partial charge in [-0.05, 0) is 61.2 Å². The first-order valence-corrected chi connectivity index (χ1v) is 10.3. The Morgan fingerprint density at radius 3 is 2.69 bits per heavy atom. The number of nitrogens with one attached hydrogen (secondary N) is 1. The second kappa shape index (κ2) is 9.27. The zero-order valence-electron chi connectivity index (χ0n) is 16.5. The van der Waals surface area contributed by atoms with Crippen LogP contribution in [0.4, 0.5) is 4.39 Å². The van der Waals surface area contributed by atoms with Crippen LogP contribution in [-0.4, -0.2) is 43.7 Å². The lowest BCUT2D eigenvalue weighted by Crippen LogP contribution is -2.37. The van der Waals surface area contributed by atoms with Gasteiger partial charge in [-0.2, -0.15) is 0 Å². The molecule has 154 valence electrons. The first kappa shape index (κ1) is 19.7. The number of hydrogen-bond acceptors (Lipinski definition) is 4.